The minimum absolute atomic E-state index is 0.0187. The van der Waals surface area contributed by atoms with Crippen LogP contribution >= 0.6 is 0 Å². The van der Waals surface area contributed by atoms with Crippen molar-refractivity contribution < 1.29 is 43.6 Å². The summed E-state index contributed by atoms with van der Waals surface area (Å²) in [4.78, 5) is 58.0. The van der Waals surface area contributed by atoms with Gasteiger partial charge in [0, 0.05) is 12.8 Å². The summed E-state index contributed by atoms with van der Waals surface area (Å²) in [6.07, 6.45) is 0.0375. The average molecular weight is 351 g/mol. The Hall–Kier alpha value is -1.83. The lowest BCUT2D eigenvalue weighted by Gasteiger charge is -2.32. The van der Waals surface area contributed by atoms with Crippen molar-refractivity contribution in [1.82, 2.24) is 16.0 Å². The fraction of sp³-hybridized carbons (Fsp3) is 0.750. The molecule has 1 heterocycles. The number of nitrogens with zero attached hydrogens (tertiary/aromatic N) is 3. The molecule has 1 rings (SSSR count). The van der Waals surface area contributed by atoms with Gasteiger partial charge in [0.2, 0.25) is 0 Å². The Morgan fingerprint density at radius 1 is 0.833 bits per heavy atom. The van der Waals surface area contributed by atoms with Gasteiger partial charge in [0.15, 0.2) is 17.3 Å². The molecular weight excluding hydrogens is 330 g/mol. The SMILES string of the molecule is CCC(=O)ON1ON(CC(=O)OC(C)(C)C)ON(OC(=O)CC)O1. The second-order valence-corrected chi connectivity index (χ2v) is 5.40. The second-order valence-electron chi connectivity index (χ2n) is 5.40. The number of hydrogen-bond donors (Lipinski definition) is 0. The first-order valence-corrected chi connectivity index (χ1v) is 7.18. The number of hydrogen-bond acceptors (Lipinski definition) is 12. The normalized spacial score (nSPS) is 17.4. The first-order valence-electron chi connectivity index (χ1n) is 7.18. The molecule has 1 saturated heterocycles. The van der Waals surface area contributed by atoms with E-state index < -0.39 is 30.1 Å². The molecule has 0 spiro atoms. The quantitative estimate of drug-likeness (QED) is 0.621. The Morgan fingerprint density at radius 2 is 1.29 bits per heavy atom. The molecule has 0 bridgehead atoms. The van der Waals surface area contributed by atoms with E-state index in [0.717, 1.165) is 0 Å². The molecule has 0 atom stereocenters. The van der Waals surface area contributed by atoms with E-state index >= 15 is 0 Å². The van der Waals surface area contributed by atoms with E-state index in [4.69, 9.17) is 14.6 Å². The third-order valence-electron chi connectivity index (χ3n) is 2.06. The van der Waals surface area contributed by atoms with Gasteiger partial charge in [-0.05, 0) is 26.0 Å². The van der Waals surface area contributed by atoms with E-state index in [0.29, 0.717) is 5.23 Å². The van der Waals surface area contributed by atoms with Crippen LogP contribution in [0.2, 0.25) is 0 Å². The van der Waals surface area contributed by atoms with Crippen molar-refractivity contribution in [2.75, 3.05) is 6.54 Å². The summed E-state index contributed by atoms with van der Waals surface area (Å²) < 4.78 is 5.08. The molecule has 1 aliphatic rings. The number of hydroxylamine groups is 2. The first-order chi connectivity index (χ1) is 11.1. The van der Waals surface area contributed by atoms with Crippen LogP contribution in [-0.2, 0) is 43.6 Å². The predicted molar refractivity (Wildman–Crippen MR) is 72.3 cm³/mol. The van der Waals surface area contributed by atoms with Crippen LogP contribution in [-0.4, -0.2) is 46.1 Å². The Bertz CT molecular complexity index is 439. The third kappa shape index (κ3) is 7.63. The molecule has 1 aliphatic heterocycles. The number of rotatable bonds is 6. The summed E-state index contributed by atoms with van der Waals surface area (Å²) in [6, 6.07) is 0. The van der Waals surface area contributed by atoms with Crippen LogP contribution < -0.4 is 0 Å². The molecule has 12 nitrogen and oxygen atoms in total. The number of carbonyl (C=O) groups is 3. The van der Waals surface area contributed by atoms with Gasteiger partial charge in [0.1, 0.15) is 5.60 Å². The molecule has 138 valence electrons. The molecule has 0 amide bonds. The average Bonchev–Trinajstić information content (AvgIpc) is 2.44. The standard InChI is InChI=1S/C12H21N3O9/c1-6-9(16)20-14-22-13(8-11(18)19-12(3,4)5)23-15(24-14)21-10(17)7-2/h6-8H2,1-5H3. The summed E-state index contributed by atoms with van der Waals surface area (Å²) in [5, 5.41) is 0.953. The van der Waals surface area contributed by atoms with E-state index in [9.17, 15) is 14.4 Å². The van der Waals surface area contributed by atoms with Crippen molar-refractivity contribution in [1.29, 1.82) is 0 Å². The van der Waals surface area contributed by atoms with Gasteiger partial charge in [0.05, 0.1) is 0 Å². The van der Waals surface area contributed by atoms with Gasteiger partial charge in [-0.3, -0.25) is 14.4 Å². The summed E-state index contributed by atoms with van der Waals surface area (Å²) in [6.45, 7) is 7.57. The topological polar surface area (TPSA) is 116 Å². The number of esters is 1. The lowest BCUT2D eigenvalue weighted by Crippen LogP contribution is -2.52. The smallest absolute Gasteiger partial charge is 0.330 e. The molecular formula is C12H21N3O9. The second kappa shape index (κ2) is 8.86. The minimum Gasteiger partial charge on any atom is -0.459 e. The Labute approximate surface area is 138 Å². The molecule has 0 radical (unpaired) electrons. The van der Waals surface area contributed by atoms with Crippen molar-refractivity contribution >= 4 is 17.9 Å². The van der Waals surface area contributed by atoms with Crippen LogP contribution in [0.1, 0.15) is 47.5 Å². The molecule has 0 aliphatic carbocycles. The summed E-state index contributed by atoms with van der Waals surface area (Å²) >= 11 is 0. The Morgan fingerprint density at radius 3 is 1.67 bits per heavy atom. The largest absolute Gasteiger partial charge is 0.459 e. The summed E-state index contributed by atoms with van der Waals surface area (Å²) in [5.41, 5.74) is -0.730. The van der Waals surface area contributed by atoms with Gasteiger partial charge < -0.3 is 14.4 Å². The highest BCUT2D eigenvalue weighted by Crippen LogP contribution is 2.15. The molecule has 0 unspecified atom stereocenters. The van der Waals surface area contributed by atoms with Crippen LogP contribution in [0.15, 0.2) is 0 Å². The number of ether oxygens (including phenoxy) is 1. The number of carbonyl (C=O) groups excluding carboxylic acids is 3. The first kappa shape index (κ1) is 20.2. The lowest BCUT2D eigenvalue weighted by atomic mass is 10.2. The molecule has 0 aromatic carbocycles. The van der Waals surface area contributed by atoms with E-state index in [1.807, 2.05) is 0 Å². The minimum atomic E-state index is -0.730. The van der Waals surface area contributed by atoms with E-state index in [-0.39, 0.29) is 23.6 Å². The van der Waals surface area contributed by atoms with Crippen LogP contribution in [0.5, 0.6) is 0 Å². The summed E-state index contributed by atoms with van der Waals surface area (Å²) in [5.74, 6) is -2.14. The van der Waals surface area contributed by atoms with Gasteiger partial charge in [-0.2, -0.15) is 0 Å². The molecule has 0 aromatic heterocycles. The van der Waals surface area contributed by atoms with Crippen LogP contribution in [0.3, 0.4) is 0 Å². The maximum Gasteiger partial charge on any atom is 0.330 e. The molecule has 12 heteroatoms. The zero-order valence-corrected chi connectivity index (χ0v) is 14.1. The fourth-order valence-electron chi connectivity index (χ4n) is 1.15. The molecule has 1 fully saturated rings. The predicted octanol–water partition coefficient (Wildman–Crippen LogP) is 0.524. The van der Waals surface area contributed by atoms with Crippen LogP contribution in [0.4, 0.5) is 0 Å². The van der Waals surface area contributed by atoms with Crippen molar-refractivity contribution in [2.24, 2.45) is 0 Å². The highest BCUT2D eigenvalue weighted by molar-refractivity contribution is 5.71. The van der Waals surface area contributed by atoms with Crippen molar-refractivity contribution in [2.45, 2.75) is 53.1 Å². The zero-order chi connectivity index (χ0) is 18.3. The molecule has 24 heavy (non-hydrogen) atoms. The Balaban J connectivity index is 2.69. The maximum absolute atomic E-state index is 11.8. The molecule has 0 saturated carbocycles. The van der Waals surface area contributed by atoms with Gasteiger partial charge in [0.25, 0.3) is 0 Å². The summed E-state index contributed by atoms with van der Waals surface area (Å²) in [7, 11) is 0. The Kier molecular flexibility index (Phi) is 7.47. The van der Waals surface area contributed by atoms with Crippen molar-refractivity contribution in [3.63, 3.8) is 0 Å². The van der Waals surface area contributed by atoms with Crippen molar-refractivity contribution in [3.8, 4) is 0 Å². The van der Waals surface area contributed by atoms with Crippen LogP contribution in [0, 0.1) is 0 Å². The van der Waals surface area contributed by atoms with Crippen molar-refractivity contribution in [3.05, 3.63) is 0 Å². The maximum atomic E-state index is 11.8. The fourth-order valence-corrected chi connectivity index (χ4v) is 1.15. The highest BCUT2D eigenvalue weighted by atomic mass is 17.4. The van der Waals surface area contributed by atoms with Gasteiger partial charge in [-0.1, -0.05) is 18.8 Å². The molecule has 0 aromatic rings. The van der Waals surface area contributed by atoms with E-state index in [1.165, 1.54) is 13.8 Å². The van der Waals surface area contributed by atoms with E-state index in [1.54, 1.807) is 20.8 Å². The molecule has 0 N–H and O–H groups in total. The zero-order valence-electron chi connectivity index (χ0n) is 14.1. The van der Waals surface area contributed by atoms with Crippen LogP contribution in [0.25, 0.3) is 0 Å². The van der Waals surface area contributed by atoms with Gasteiger partial charge in [-0.25, -0.2) is 0 Å². The monoisotopic (exact) mass is 351 g/mol. The van der Waals surface area contributed by atoms with Gasteiger partial charge >= 0.3 is 17.9 Å². The van der Waals surface area contributed by atoms with Gasteiger partial charge in [-0.15, -0.1) is 9.88 Å². The highest BCUT2D eigenvalue weighted by Gasteiger charge is 2.36. The van der Waals surface area contributed by atoms with E-state index in [2.05, 4.69) is 14.6 Å². The third-order valence-corrected chi connectivity index (χ3v) is 2.06. The lowest BCUT2D eigenvalue weighted by molar-refractivity contribution is -0.795.